The van der Waals surface area contributed by atoms with Crippen molar-refractivity contribution in [1.29, 1.82) is 0 Å². The third-order valence-corrected chi connectivity index (χ3v) is 11.5. The smallest absolute Gasteiger partial charge is 0.325 e. The van der Waals surface area contributed by atoms with Crippen LogP contribution in [-0.4, -0.2) is 180 Å². The molecule has 2 aliphatic rings. The van der Waals surface area contributed by atoms with Crippen molar-refractivity contribution in [3.63, 3.8) is 0 Å². The highest BCUT2D eigenvalue weighted by molar-refractivity contribution is 5.99. The maximum atomic E-state index is 14.3. The van der Waals surface area contributed by atoms with Gasteiger partial charge in [-0.05, 0) is 64.4 Å². The van der Waals surface area contributed by atoms with Crippen LogP contribution in [0.1, 0.15) is 85.1 Å². The molecule has 2 saturated heterocycles. The van der Waals surface area contributed by atoms with Crippen LogP contribution in [0.3, 0.4) is 0 Å². The van der Waals surface area contributed by atoms with Crippen LogP contribution >= 0.6 is 0 Å². The molecule has 1 aromatic carbocycles. The Balaban J connectivity index is 1.82. The summed E-state index contributed by atoms with van der Waals surface area (Å²) in [6.07, 6.45) is -4.29. The Labute approximate surface area is 397 Å². The van der Waals surface area contributed by atoms with Crippen molar-refractivity contribution in [2.24, 2.45) is 11.7 Å². The lowest BCUT2D eigenvalue weighted by molar-refractivity contribution is -0.145. The van der Waals surface area contributed by atoms with Gasteiger partial charge in [-0.1, -0.05) is 44.2 Å². The number of nitrogens with two attached hydrogens (primary N) is 1. The average Bonchev–Trinajstić information content (AvgIpc) is 3.97. The first-order valence-electron chi connectivity index (χ1n) is 22.6. The van der Waals surface area contributed by atoms with Crippen molar-refractivity contribution < 1.29 is 78.3 Å². The lowest BCUT2D eigenvalue weighted by Gasteiger charge is -2.32. The predicted octanol–water partition coefficient (Wildman–Crippen LogP) is -3.69. The molecule has 0 unspecified atom stereocenters. The molecule has 8 amide bonds. The Morgan fingerprint density at radius 2 is 1.06 bits per heavy atom. The quantitative estimate of drug-likeness (QED) is 0.0449. The summed E-state index contributed by atoms with van der Waals surface area (Å²) in [5.41, 5.74) is 6.19. The zero-order valence-electron chi connectivity index (χ0n) is 39.1. The Hall–Kier alpha value is -6.73. The van der Waals surface area contributed by atoms with Crippen molar-refractivity contribution in [3.05, 3.63) is 35.9 Å². The Morgan fingerprint density at radius 3 is 1.54 bits per heavy atom. The largest absolute Gasteiger partial charge is 0.481 e. The second-order valence-electron chi connectivity index (χ2n) is 17.7. The molecule has 2 fully saturated rings. The van der Waals surface area contributed by atoms with Gasteiger partial charge in [-0.3, -0.25) is 52.7 Å². The predicted molar refractivity (Wildman–Crippen MR) is 240 cm³/mol. The number of carboxylic acids is 3. The van der Waals surface area contributed by atoms with Gasteiger partial charge in [0.1, 0.15) is 48.3 Å². The summed E-state index contributed by atoms with van der Waals surface area (Å²) < 4.78 is 0. The zero-order valence-corrected chi connectivity index (χ0v) is 39.1. The zero-order chi connectivity index (χ0) is 51.9. The van der Waals surface area contributed by atoms with E-state index in [2.05, 4.69) is 31.9 Å². The SMILES string of the molecule is CC(C)C[C@H](NC(=O)[C@H](CC(=O)O)NC(=O)[C@@H](NC(=O)[C@@H]1CCCN1C(=O)[C@H](Cc1ccccc1)NC(=O)[C@@H](NC(=O)[C@@H](N)CC(=O)O)[C@@H](C)O)[C@@H](C)O)C(=O)N1CCC[C@H]1C(=O)N[C@@H](C)C(=O)O. The topological polar surface area (TPSA) is 394 Å². The average molecular weight is 976 g/mol. The summed E-state index contributed by atoms with van der Waals surface area (Å²) in [4.78, 5) is 146. The van der Waals surface area contributed by atoms with Crippen molar-refractivity contribution in [3.8, 4) is 0 Å². The number of carbonyl (C=O) groups excluding carboxylic acids is 8. The van der Waals surface area contributed by atoms with Gasteiger partial charge >= 0.3 is 17.9 Å². The summed E-state index contributed by atoms with van der Waals surface area (Å²) in [5, 5.41) is 63.3. The van der Waals surface area contributed by atoms with Crippen LogP contribution in [0, 0.1) is 5.92 Å². The first-order chi connectivity index (χ1) is 32.3. The van der Waals surface area contributed by atoms with E-state index in [1.165, 1.54) is 18.7 Å². The molecule has 2 heterocycles. The molecule has 3 rings (SSSR count). The minimum Gasteiger partial charge on any atom is -0.481 e. The van der Waals surface area contributed by atoms with Crippen LogP contribution in [0.15, 0.2) is 30.3 Å². The molecule has 25 heteroatoms. The van der Waals surface area contributed by atoms with Gasteiger partial charge < -0.3 is 73.0 Å². The molecular weight excluding hydrogens is 911 g/mol. The van der Waals surface area contributed by atoms with Crippen LogP contribution in [0.4, 0.5) is 0 Å². The summed E-state index contributed by atoms with van der Waals surface area (Å²) in [5.74, 6) is -12.1. The number of carbonyl (C=O) groups is 11. The molecule has 25 nitrogen and oxygen atoms in total. The normalized spacial score (nSPS) is 19.6. The molecule has 11 atom stereocenters. The van der Waals surface area contributed by atoms with E-state index in [-0.39, 0.29) is 51.1 Å². The third kappa shape index (κ3) is 16.8. The van der Waals surface area contributed by atoms with Gasteiger partial charge in [-0.2, -0.15) is 0 Å². The van der Waals surface area contributed by atoms with Gasteiger partial charge in [0.2, 0.25) is 47.3 Å². The van der Waals surface area contributed by atoms with E-state index in [0.29, 0.717) is 12.0 Å². The summed E-state index contributed by atoms with van der Waals surface area (Å²) >= 11 is 0. The van der Waals surface area contributed by atoms with E-state index in [9.17, 15) is 73.2 Å². The Bertz CT molecular complexity index is 2050. The monoisotopic (exact) mass is 975 g/mol. The number of likely N-dealkylation sites (tertiary alicyclic amines) is 2. The lowest BCUT2D eigenvalue weighted by Crippen LogP contribution is -2.62. The second-order valence-corrected chi connectivity index (χ2v) is 17.7. The van der Waals surface area contributed by atoms with Crippen LogP contribution < -0.4 is 37.6 Å². The van der Waals surface area contributed by atoms with Gasteiger partial charge in [0.15, 0.2) is 0 Å². The number of amides is 8. The van der Waals surface area contributed by atoms with Gasteiger partial charge in [-0.25, -0.2) is 0 Å². The van der Waals surface area contributed by atoms with Crippen molar-refractivity contribution in [1.82, 2.24) is 41.7 Å². The molecule has 0 saturated carbocycles. The maximum Gasteiger partial charge on any atom is 0.325 e. The summed E-state index contributed by atoms with van der Waals surface area (Å²) in [6.45, 7) is 7.09. The molecule has 0 aromatic heterocycles. The number of aliphatic hydroxyl groups is 2. The minimum absolute atomic E-state index is 0.00847. The highest BCUT2D eigenvalue weighted by atomic mass is 16.4. The van der Waals surface area contributed by atoms with Crippen molar-refractivity contribution in [2.75, 3.05) is 13.1 Å². The number of nitrogens with one attached hydrogen (secondary N) is 6. The van der Waals surface area contributed by atoms with Gasteiger partial charge in [-0.15, -0.1) is 0 Å². The number of hydrogen-bond acceptors (Lipinski definition) is 14. The molecule has 0 radical (unpaired) electrons. The number of hydrogen-bond donors (Lipinski definition) is 12. The second kappa shape index (κ2) is 26.1. The number of aliphatic hydroxyl groups excluding tert-OH is 2. The first-order valence-corrected chi connectivity index (χ1v) is 22.6. The first kappa shape index (κ1) is 56.6. The van der Waals surface area contributed by atoms with E-state index in [0.717, 1.165) is 11.8 Å². The van der Waals surface area contributed by atoms with E-state index < -0.39 is 145 Å². The van der Waals surface area contributed by atoms with Crippen LogP contribution in [0.2, 0.25) is 0 Å². The van der Waals surface area contributed by atoms with Crippen molar-refractivity contribution in [2.45, 2.75) is 153 Å². The molecular formula is C44H65N9O16. The molecule has 2 aliphatic heterocycles. The molecule has 382 valence electrons. The standard InChI is InChI=1S/C44H65N9O16/c1-21(2)17-28(42(66)52-15-9-13-30(52)38(62)46-22(3)44(68)69)48-37(61)27(20-33(58)59)47-40(64)35(24(5)55)51-39(63)31-14-10-16-53(31)43(67)29(18-25-11-7-6-8-12-25)49-41(65)34(23(4)54)50-36(60)26(45)19-32(56)57/h6-8,11-12,21-24,26-31,34-35,54-55H,9-10,13-20,45H2,1-5H3,(H,46,62)(H,47,64)(H,48,61)(H,49,65)(H,50,60)(H,51,63)(H,56,57)(H,58,59)(H,68,69)/t22-,23+,24+,26-,27-,28-,29-,30-,31-,34-,35-/m0/s1. The summed E-state index contributed by atoms with van der Waals surface area (Å²) in [6, 6.07) is -5.02. The Morgan fingerprint density at radius 1 is 0.594 bits per heavy atom. The van der Waals surface area contributed by atoms with Gasteiger partial charge in [0.05, 0.1) is 31.1 Å². The van der Waals surface area contributed by atoms with Crippen LogP contribution in [0.25, 0.3) is 0 Å². The molecule has 0 bridgehead atoms. The number of nitrogens with zero attached hydrogens (tertiary/aromatic N) is 2. The van der Waals surface area contributed by atoms with Gasteiger partial charge in [0.25, 0.3) is 0 Å². The maximum absolute atomic E-state index is 14.3. The van der Waals surface area contributed by atoms with Crippen LogP contribution in [0.5, 0.6) is 0 Å². The fourth-order valence-electron chi connectivity index (χ4n) is 7.90. The van der Waals surface area contributed by atoms with Crippen LogP contribution in [-0.2, 0) is 59.2 Å². The van der Waals surface area contributed by atoms with E-state index in [1.54, 1.807) is 44.2 Å². The summed E-state index contributed by atoms with van der Waals surface area (Å²) in [7, 11) is 0. The molecule has 0 aliphatic carbocycles. The highest BCUT2D eigenvalue weighted by Crippen LogP contribution is 2.22. The fraction of sp³-hybridized carbons (Fsp3) is 0.614. The van der Waals surface area contributed by atoms with Crippen molar-refractivity contribution >= 4 is 65.2 Å². The fourth-order valence-corrected chi connectivity index (χ4v) is 7.90. The number of aliphatic carboxylic acids is 3. The number of benzene rings is 1. The van der Waals surface area contributed by atoms with E-state index in [1.807, 2.05) is 0 Å². The number of carboxylic acid groups (broad SMARTS) is 3. The van der Waals surface area contributed by atoms with E-state index in [4.69, 9.17) is 10.8 Å². The molecule has 0 spiro atoms. The number of rotatable bonds is 25. The molecule has 1 aromatic rings. The molecule has 69 heavy (non-hydrogen) atoms. The minimum atomic E-state index is -1.88. The Kier molecular flexibility index (Phi) is 21.4. The lowest BCUT2D eigenvalue weighted by atomic mass is 10.0. The van der Waals surface area contributed by atoms with E-state index >= 15 is 0 Å². The van der Waals surface area contributed by atoms with Gasteiger partial charge in [0, 0.05) is 19.5 Å². The molecule has 13 N–H and O–H groups in total. The third-order valence-electron chi connectivity index (χ3n) is 11.5. The highest BCUT2D eigenvalue weighted by Gasteiger charge is 2.43.